The standard InChI is InChI=1S/C9H19N3O2/c1-7-5-12(6-8(2)14-7)4-3-9(13)11-10/h7-8H,3-6,10H2,1-2H3,(H,11,13)/p+1/t7-,8-/m0/s1. The topological polar surface area (TPSA) is 68.8 Å². The zero-order valence-corrected chi connectivity index (χ0v) is 8.88. The van der Waals surface area contributed by atoms with Gasteiger partial charge >= 0.3 is 0 Å². The molecule has 0 aromatic heterocycles. The maximum absolute atomic E-state index is 10.9. The molecule has 1 saturated heterocycles. The van der Waals surface area contributed by atoms with Crippen molar-refractivity contribution in [3.63, 3.8) is 0 Å². The lowest BCUT2D eigenvalue weighted by molar-refractivity contribution is -0.914. The number of hydrazine groups is 1. The molecule has 0 aromatic carbocycles. The number of morpholine rings is 1. The molecule has 0 saturated carbocycles. The molecule has 14 heavy (non-hydrogen) atoms. The van der Waals surface area contributed by atoms with Crippen LogP contribution >= 0.6 is 0 Å². The van der Waals surface area contributed by atoms with Crippen molar-refractivity contribution < 1.29 is 14.4 Å². The average Bonchev–Trinajstić information content (AvgIpc) is 2.12. The quantitative estimate of drug-likeness (QED) is 0.283. The third-order valence-electron chi connectivity index (χ3n) is 2.48. The molecule has 5 heteroatoms. The van der Waals surface area contributed by atoms with Gasteiger partial charge in [0.2, 0.25) is 5.91 Å². The molecule has 1 amide bonds. The monoisotopic (exact) mass is 202 g/mol. The summed E-state index contributed by atoms with van der Waals surface area (Å²) in [5, 5.41) is 0. The van der Waals surface area contributed by atoms with Crippen molar-refractivity contribution in [2.45, 2.75) is 32.5 Å². The summed E-state index contributed by atoms with van der Waals surface area (Å²) >= 11 is 0. The number of hydrogen-bond donors (Lipinski definition) is 3. The van der Waals surface area contributed by atoms with Gasteiger partial charge in [0, 0.05) is 0 Å². The summed E-state index contributed by atoms with van der Waals surface area (Å²) in [6, 6.07) is 0. The fourth-order valence-electron chi connectivity index (χ4n) is 1.96. The van der Waals surface area contributed by atoms with Crippen molar-refractivity contribution in [1.29, 1.82) is 0 Å². The summed E-state index contributed by atoms with van der Waals surface area (Å²) in [6.45, 7) is 6.92. The van der Waals surface area contributed by atoms with Gasteiger partial charge in [-0.3, -0.25) is 10.2 Å². The molecular weight excluding hydrogens is 182 g/mol. The third-order valence-corrected chi connectivity index (χ3v) is 2.48. The maximum atomic E-state index is 10.9. The van der Waals surface area contributed by atoms with Crippen LogP contribution in [0, 0.1) is 0 Å². The van der Waals surface area contributed by atoms with Crippen LogP contribution in [0.1, 0.15) is 20.3 Å². The van der Waals surface area contributed by atoms with Gasteiger partial charge in [0.25, 0.3) is 0 Å². The van der Waals surface area contributed by atoms with Crippen LogP contribution in [0.5, 0.6) is 0 Å². The predicted molar refractivity (Wildman–Crippen MR) is 52.5 cm³/mol. The summed E-state index contributed by atoms with van der Waals surface area (Å²) in [5.74, 6) is 4.92. The van der Waals surface area contributed by atoms with Crippen molar-refractivity contribution in [1.82, 2.24) is 5.43 Å². The van der Waals surface area contributed by atoms with E-state index in [1.165, 1.54) is 4.90 Å². The van der Waals surface area contributed by atoms with Crippen molar-refractivity contribution >= 4 is 5.91 Å². The van der Waals surface area contributed by atoms with E-state index >= 15 is 0 Å². The lowest BCUT2D eigenvalue weighted by Gasteiger charge is -2.32. The fraction of sp³-hybridized carbons (Fsp3) is 0.889. The first-order valence-corrected chi connectivity index (χ1v) is 5.10. The molecule has 2 atom stereocenters. The normalized spacial score (nSPS) is 32.6. The second-order valence-corrected chi connectivity index (χ2v) is 3.98. The number of hydrogen-bond acceptors (Lipinski definition) is 3. The van der Waals surface area contributed by atoms with Gasteiger partial charge in [-0.25, -0.2) is 5.84 Å². The van der Waals surface area contributed by atoms with Crippen molar-refractivity contribution in [2.75, 3.05) is 19.6 Å². The molecular formula is C9H20N3O2+. The van der Waals surface area contributed by atoms with Crippen LogP contribution in [0.2, 0.25) is 0 Å². The minimum absolute atomic E-state index is 0.0932. The van der Waals surface area contributed by atoms with E-state index in [4.69, 9.17) is 10.6 Å². The molecule has 0 aliphatic carbocycles. The molecule has 82 valence electrons. The highest BCUT2D eigenvalue weighted by atomic mass is 16.5. The van der Waals surface area contributed by atoms with E-state index in [-0.39, 0.29) is 18.1 Å². The molecule has 1 rings (SSSR count). The third kappa shape index (κ3) is 3.61. The zero-order valence-electron chi connectivity index (χ0n) is 8.88. The van der Waals surface area contributed by atoms with E-state index in [2.05, 4.69) is 19.3 Å². The Kier molecular flexibility index (Phi) is 4.31. The van der Waals surface area contributed by atoms with Gasteiger partial charge in [0.15, 0.2) is 0 Å². The van der Waals surface area contributed by atoms with Crippen molar-refractivity contribution in [3.05, 3.63) is 0 Å². The summed E-state index contributed by atoms with van der Waals surface area (Å²) < 4.78 is 5.60. The first kappa shape index (κ1) is 11.4. The van der Waals surface area contributed by atoms with Gasteiger partial charge in [-0.15, -0.1) is 0 Å². The van der Waals surface area contributed by atoms with Crippen LogP contribution in [-0.4, -0.2) is 37.7 Å². The molecule has 0 radical (unpaired) electrons. The van der Waals surface area contributed by atoms with Gasteiger partial charge in [0.05, 0.1) is 13.0 Å². The Morgan fingerprint density at radius 2 is 2.07 bits per heavy atom. The number of nitrogens with two attached hydrogens (primary N) is 1. The molecule has 1 aliphatic heterocycles. The van der Waals surface area contributed by atoms with Crippen LogP contribution in [0.3, 0.4) is 0 Å². The lowest BCUT2D eigenvalue weighted by Crippen LogP contribution is -3.15. The SMILES string of the molecule is C[C@H]1C[NH+](CCC(=O)NN)C[C@H](C)O1. The van der Waals surface area contributed by atoms with E-state index in [9.17, 15) is 4.79 Å². The number of carbonyl (C=O) groups is 1. The zero-order chi connectivity index (χ0) is 10.6. The average molecular weight is 202 g/mol. The first-order chi connectivity index (χ1) is 6.61. The number of amides is 1. The Labute approximate surface area is 84.5 Å². The smallest absolute Gasteiger partial charge is 0.239 e. The molecule has 1 heterocycles. The molecule has 4 N–H and O–H groups in total. The predicted octanol–water partition coefficient (Wildman–Crippen LogP) is -1.94. The van der Waals surface area contributed by atoms with Gasteiger partial charge in [-0.05, 0) is 13.8 Å². The molecule has 1 aliphatic rings. The molecule has 0 unspecified atom stereocenters. The van der Waals surface area contributed by atoms with E-state index < -0.39 is 0 Å². The van der Waals surface area contributed by atoms with Crippen molar-refractivity contribution in [3.8, 4) is 0 Å². The maximum Gasteiger partial charge on any atom is 0.239 e. The van der Waals surface area contributed by atoms with Gasteiger partial charge in [-0.1, -0.05) is 0 Å². The molecule has 0 aromatic rings. The number of carbonyl (C=O) groups excluding carboxylic acids is 1. The highest BCUT2D eigenvalue weighted by molar-refractivity contribution is 5.75. The first-order valence-electron chi connectivity index (χ1n) is 5.10. The molecule has 0 spiro atoms. The van der Waals surface area contributed by atoms with Crippen LogP contribution in [0.4, 0.5) is 0 Å². The van der Waals surface area contributed by atoms with Crippen LogP contribution in [0.25, 0.3) is 0 Å². The Morgan fingerprint density at radius 1 is 1.50 bits per heavy atom. The summed E-state index contributed by atoms with van der Waals surface area (Å²) in [6.07, 6.45) is 1.06. The fourth-order valence-corrected chi connectivity index (χ4v) is 1.96. The Balaban J connectivity index is 2.26. The highest BCUT2D eigenvalue weighted by Gasteiger charge is 2.25. The molecule has 0 bridgehead atoms. The van der Waals surface area contributed by atoms with Gasteiger partial charge in [0.1, 0.15) is 25.3 Å². The van der Waals surface area contributed by atoms with E-state index in [0.717, 1.165) is 19.6 Å². The highest BCUT2D eigenvalue weighted by Crippen LogP contribution is 1.98. The summed E-state index contributed by atoms with van der Waals surface area (Å²) in [7, 11) is 0. The number of nitrogens with one attached hydrogen (secondary N) is 2. The summed E-state index contributed by atoms with van der Waals surface area (Å²) in [5.41, 5.74) is 2.14. The van der Waals surface area contributed by atoms with E-state index in [0.29, 0.717) is 6.42 Å². The molecule has 5 nitrogen and oxygen atoms in total. The Morgan fingerprint density at radius 3 is 2.57 bits per heavy atom. The second kappa shape index (κ2) is 5.29. The molecule has 1 fully saturated rings. The number of quaternary nitrogens is 1. The van der Waals surface area contributed by atoms with E-state index in [1.54, 1.807) is 0 Å². The Hall–Kier alpha value is -0.650. The van der Waals surface area contributed by atoms with Crippen LogP contribution < -0.4 is 16.2 Å². The number of ether oxygens (including phenoxy) is 1. The minimum atomic E-state index is -0.0932. The second-order valence-electron chi connectivity index (χ2n) is 3.98. The lowest BCUT2D eigenvalue weighted by atomic mass is 10.2. The summed E-state index contributed by atoms with van der Waals surface area (Å²) in [4.78, 5) is 12.4. The largest absolute Gasteiger partial charge is 0.364 e. The van der Waals surface area contributed by atoms with Crippen molar-refractivity contribution in [2.24, 2.45) is 5.84 Å². The van der Waals surface area contributed by atoms with Gasteiger partial charge in [-0.2, -0.15) is 0 Å². The number of rotatable bonds is 3. The minimum Gasteiger partial charge on any atom is -0.364 e. The van der Waals surface area contributed by atoms with Gasteiger partial charge < -0.3 is 9.64 Å². The Bertz CT molecular complexity index is 188. The van der Waals surface area contributed by atoms with Crippen LogP contribution in [0.15, 0.2) is 0 Å². The van der Waals surface area contributed by atoms with Crippen LogP contribution in [-0.2, 0) is 9.53 Å². The van der Waals surface area contributed by atoms with E-state index in [1.807, 2.05) is 0 Å².